The molecule has 5 heteroatoms. The lowest BCUT2D eigenvalue weighted by atomic mass is 10.0. The number of ether oxygens (including phenoxy) is 1. The molecule has 0 saturated carbocycles. The average Bonchev–Trinajstić information content (AvgIpc) is 2.51. The highest BCUT2D eigenvalue weighted by molar-refractivity contribution is 9.10. The Balaban J connectivity index is 2.09. The minimum Gasteiger partial charge on any atom is -0.483 e. The van der Waals surface area contributed by atoms with Gasteiger partial charge in [-0.25, -0.2) is 0 Å². The predicted molar refractivity (Wildman–Crippen MR) is 103 cm³/mol. The lowest BCUT2D eigenvalue weighted by Crippen LogP contribution is -2.21. The number of carbonyl (C=O) groups excluding carboxylic acids is 1. The first-order valence-electron chi connectivity index (χ1n) is 7.76. The third kappa shape index (κ3) is 4.74. The van der Waals surface area contributed by atoms with Crippen LogP contribution in [0.25, 0.3) is 0 Å². The Labute approximate surface area is 156 Å². The van der Waals surface area contributed by atoms with Gasteiger partial charge in [0.15, 0.2) is 6.61 Å². The highest BCUT2D eigenvalue weighted by Crippen LogP contribution is 2.32. The standard InChI is InChI=1S/C19H21BrClNO2/c1-11(2)15-9-16(20)13(4)7-18(15)24-10-19(23)22-17-8-14(21)6-5-12(17)3/h5-9,11H,10H2,1-4H3,(H,22,23). The molecule has 2 rings (SSSR count). The number of carbonyl (C=O) groups is 1. The molecule has 24 heavy (non-hydrogen) atoms. The summed E-state index contributed by atoms with van der Waals surface area (Å²) in [5, 5.41) is 3.42. The molecule has 0 heterocycles. The van der Waals surface area contributed by atoms with E-state index in [-0.39, 0.29) is 12.5 Å². The number of hydrogen-bond acceptors (Lipinski definition) is 2. The number of halogens is 2. The molecule has 0 radical (unpaired) electrons. The summed E-state index contributed by atoms with van der Waals surface area (Å²) in [6, 6.07) is 9.40. The summed E-state index contributed by atoms with van der Waals surface area (Å²) in [5.74, 6) is 0.828. The second kappa shape index (κ2) is 8.04. The third-order valence-corrected chi connectivity index (χ3v) is 4.83. The number of aryl methyl sites for hydroxylation is 2. The van der Waals surface area contributed by atoms with Crippen molar-refractivity contribution in [2.75, 3.05) is 11.9 Å². The number of nitrogens with one attached hydrogen (secondary N) is 1. The van der Waals surface area contributed by atoms with Gasteiger partial charge in [-0.05, 0) is 60.7 Å². The Morgan fingerprint density at radius 3 is 2.58 bits per heavy atom. The fourth-order valence-electron chi connectivity index (χ4n) is 2.31. The summed E-state index contributed by atoms with van der Waals surface area (Å²) in [5.41, 5.74) is 3.79. The highest BCUT2D eigenvalue weighted by atomic mass is 79.9. The average molecular weight is 411 g/mol. The van der Waals surface area contributed by atoms with Crippen molar-refractivity contribution in [2.24, 2.45) is 0 Å². The van der Waals surface area contributed by atoms with E-state index in [1.807, 2.05) is 32.0 Å². The summed E-state index contributed by atoms with van der Waals surface area (Å²) in [6.45, 7) is 8.06. The smallest absolute Gasteiger partial charge is 0.262 e. The van der Waals surface area contributed by atoms with Gasteiger partial charge in [0.1, 0.15) is 5.75 Å². The molecule has 2 aromatic carbocycles. The first-order valence-corrected chi connectivity index (χ1v) is 8.94. The van der Waals surface area contributed by atoms with E-state index in [0.717, 1.165) is 26.9 Å². The minimum absolute atomic E-state index is 0.0489. The maximum absolute atomic E-state index is 12.2. The van der Waals surface area contributed by atoms with Crippen molar-refractivity contribution in [2.45, 2.75) is 33.6 Å². The number of anilines is 1. The Bertz CT molecular complexity index is 759. The zero-order valence-electron chi connectivity index (χ0n) is 14.2. The van der Waals surface area contributed by atoms with Crippen LogP contribution in [0.15, 0.2) is 34.8 Å². The summed E-state index contributed by atoms with van der Waals surface area (Å²) in [6.07, 6.45) is 0. The van der Waals surface area contributed by atoms with E-state index in [9.17, 15) is 4.79 Å². The van der Waals surface area contributed by atoms with Crippen LogP contribution < -0.4 is 10.1 Å². The van der Waals surface area contributed by atoms with Gasteiger partial charge in [-0.3, -0.25) is 4.79 Å². The number of benzene rings is 2. The van der Waals surface area contributed by atoms with Gasteiger partial charge in [-0.1, -0.05) is 47.4 Å². The molecule has 2 aromatic rings. The maximum Gasteiger partial charge on any atom is 0.262 e. The molecule has 128 valence electrons. The van der Waals surface area contributed by atoms with E-state index in [4.69, 9.17) is 16.3 Å². The van der Waals surface area contributed by atoms with E-state index in [0.29, 0.717) is 16.6 Å². The van der Waals surface area contributed by atoms with E-state index >= 15 is 0 Å². The van der Waals surface area contributed by atoms with Gasteiger partial charge in [0.25, 0.3) is 5.91 Å². The monoisotopic (exact) mass is 409 g/mol. The van der Waals surface area contributed by atoms with Gasteiger partial charge in [0.05, 0.1) is 0 Å². The van der Waals surface area contributed by atoms with Crippen molar-refractivity contribution in [1.82, 2.24) is 0 Å². The number of amides is 1. The van der Waals surface area contributed by atoms with Gasteiger partial charge in [-0.2, -0.15) is 0 Å². The van der Waals surface area contributed by atoms with Crippen LogP contribution in [0.3, 0.4) is 0 Å². The molecule has 0 aromatic heterocycles. The molecule has 1 N–H and O–H groups in total. The number of hydrogen-bond donors (Lipinski definition) is 1. The van der Waals surface area contributed by atoms with Crippen LogP contribution in [0.2, 0.25) is 5.02 Å². The molecule has 0 spiro atoms. The molecular weight excluding hydrogens is 390 g/mol. The second-order valence-corrected chi connectivity index (χ2v) is 7.38. The lowest BCUT2D eigenvalue weighted by Gasteiger charge is -2.16. The van der Waals surface area contributed by atoms with Crippen molar-refractivity contribution in [3.63, 3.8) is 0 Å². The normalized spacial score (nSPS) is 10.8. The zero-order valence-corrected chi connectivity index (χ0v) is 16.6. The molecule has 0 saturated heterocycles. The molecule has 0 atom stereocenters. The van der Waals surface area contributed by atoms with Crippen molar-refractivity contribution in [3.05, 3.63) is 56.5 Å². The van der Waals surface area contributed by atoms with E-state index in [1.54, 1.807) is 12.1 Å². The van der Waals surface area contributed by atoms with Gasteiger partial charge in [0, 0.05) is 15.2 Å². The van der Waals surface area contributed by atoms with Gasteiger partial charge in [-0.15, -0.1) is 0 Å². The van der Waals surface area contributed by atoms with Gasteiger partial charge < -0.3 is 10.1 Å². The Morgan fingerprint density at radius 1 is 1.21 bits per heavy atom. The summed E-state index contributed by atoms with van der Waals surface area (Å²) >= 11 is 9.51. The van der Waals surface area contributed by atoms with Crippen molar-refractivity contribution in [3.8, 4) is 5.75 Å². The quantitative estimate of drug-likeness (QED) is 0.670. The van der Waals surface area contributed by atoms with E-state index < -0.39 is 0 Å². The van der Waals surface area contributed by atoms with E-state index in [1.165, 1.54) is 0 Å². The first-order chi connectivity index (χ1) is 11.3. The lowest BCUT2D eigenvalue weighted by molar-refractivity contribution is -0.118. The first kappa shape index (κ1) is 18.8. The summed E-state index contributed by atoms with van der Waals surface area (Å²) < 4.78 is 6.81. The molecule has 0 bridgehead atoms. The molecule has 0 aliphatic heterocycles. The summed E-state index contributed by atoms with van der Waals surface area (Å²) in [4.78, 5) is 12.2. The zero-order chi connectivity index (χ0) is 17.9. The molecule has 0 unspecified atom stereocenters. The SMILES string of the molecule is Cc1cc(OCC(=O)Nc2cc(Cl)ccc2C)c(C(C)C)cc1Br. The van der Waals surface area contributed by atoms with Crippen molar-refractivity contribution >= 4 is 39.1 Å². The highest BCUT2D eigenvalue weighted by Gasteiger charge is 2.13. The van der Waals surface area contributed by atoms with Crippen LogP contribution >= 0.6 is 27.5 Å². The van der Waals surface area contributed by atoms with Crippen LogP contribution in [-0.4, -0.2) is 12.5 Å². The van der Waals surface area contributed by atoms with Crippen LogP contribution in [0.1, 0.15) is 36.5 Å². The Kier molecular flexibility index (Phi) is 6.30. The molecule has 0 fully saturated rings. The van der Waals surface area contributed by atoms with Crippen molar-refractivity contribution in [1.29, 1.82) is 0 Å². The Hall–Kier alpha value is -1.52. The van der Waals surface area contributed by atoms with Crippen LogP contribution in [0, 0.1) is 13.8 Å². The van der Waals surface area contributed by atoms with E-state index in [2.05, 4.69) is 35.1 Å². The van der Waals surface area contributed by atoms with Crippen LogP contribution in [0.5, 0.6) is 5.75 Å². The minimum atomic E-state index is -0.212. The van der Waals surface area contributed by atoms with Crippen LogP contribution in [-0.2, 0) is 4.79 Å². The van der Waals surface area contributed by atoms with Gasteiger partial charge >= 0.3 is 0 Å². The molecule has 0 aliphatic rings. The fraction of sp³-hybridized carbons (Fsp3) is 0.316. The predicted octanol–water partition coefficient (Wildman–Crippen LogP) is 5.86. The van der Waals surface area contributed by atoms with Crippen LogP contribution in [0.4, 0.5) is 5.69 Å². The third-order valence-electron chi connectivity index (χ3n) is 3.75. The number of rotatable bonds is 5. The molecule has 1 amide bonds. The second-order valence-electron chi connectivity index (χ2n) is 6.09. The maximum atomic E-state index is 12.2. The van der Waals surface area contributed by atoms with Crippen molar-refractivity contribution < 1.29 is 9.53 Å². The summed E-state index contributed by atoms with van der Waals surface area (Å²) in [7, 11) is 0. The fourth-order valence-corrected chi connectivity index (χ4v) is 2.84. The molecule has 3 nitrogen and oxygen atoms in total. The molecular formula is C19H21BrClNO2. The molecule has 0 aliphatic carbocycles. The Morgan fingerprint density at radius 2 is 1.92 bits per heavy atom. The van der Waals surface area contributed by atoms with Gasteiger partial charge in [0.2, 0.25) is 0 Å². The topological polar surface area (TPSA) is 38.3 Å². The largest absolute Gasteiger partial charge is 0.483 e.